The molecule has 0 spiro atoms. The van der Waals surface area contributed by atoms with Crippen molar-refractivity contribution < 1.29 is 9.53 Å². The fourth-order valence-corrected chi connectivity index (χ4v) is 2.70. The summed E-state index contributed by atoms with van der Waals surface area (Å²) in [6.07, 6.45) is 0.977. The first-order valence-corrected chi connectivity index (χ1v) is 6.76. The molecular formula is C12H18N2O2S. The summed E-state index contributed by atoms with van der Waals surface area (Å²) in [5.41, 5.74) is 5.99. The van der Waals surface area contributed by atoms with E-state index in [1.165, 1.54) is 11.3 Å². The molecule has 0 saturated carbocycles. The first-order valence-electron chi connectivity index (χ1n) is 5.88. The van der Waals surface area contributed by atoms with E-state index in [1.54, 1.807) is 0 Å². The summed E-state index contributed by atoms with van der Waals surface area (Å²) < 4.78 is 5.52. The molecule has 1 aromatic rings. The van der Waals surface area contributed by atoms with Crippen molar-refractivity contribution >= 4 is 17.2 Å². The van der Waals surface area contributed by atoms with Crippen LogP contribution in [0.5, 0.6) is 0 Å². The van der Waals surface area contributed by atoms with E-state index in [0.29, 0.717) is 6.54 Å². The Bertz CT molecular complexity index is 367. The number of carbonyl (C=O) groups is 1. The summed E-state index contributed by atoms with van der Waals surface area (Å²) in [6.45, 7) is 4.08. The van der Waals surface area contributed by atoms with E-state index < -0.39 is 6.04 Å². The number of hydrogen-bond donors (Lipinski definition) is 1. The average molecular weight is 254 g/mol. The minimum Gasteiger partial charge on any atom is -0.377 e. The molecule has 2 N–H and O–H groups in total. The monoisotopic (exact) mass is 254 g/mol. The molecule has 2 unspecified atom stereocenters. The van der Waals surface area contributed by atoms with E-state index in [9.17, 15) is 4.79 Å². The summed E-state index contributed by atoms with van der Waals surface area (Å²) in [7, 11) is 0. The van der Waals surface area contributed by atoms with Crippen LogP contribution in [0.2, 0.25) is 0 Å². The highest BCUT2D eigenvalue weighted by molar-refractivity contribution is 7.10. The first-order chi connectivity index (χ1) is 8.18. The molecule has 2 atom stereocenters. The minimum atomic E-state index is -0.528. The second-order valence-electron chi connectivity index (χ2n) is 4.31. The molecule has 0 bridgehead atoms. The molecule has 1 aliphatic heterocycles. The number of thiophene rings is 1. The van der Waals surface area contributed by atoms with Crippen LogP contribution < -0.4 is 5.73 Å². The van der Waals surface area contributed by atoms with Crippen LogP contribution in [0, 0.1) is 0 Å². The van der Waals surface area contributed by atoms with Gasteiger partial charge in [0.1, 0.15) is 6.04 Å². The molecule has 0 radical (unpaired) electrons. The van der Waals surface area contributed by atoms with Gasteiger partial charge in [0.25, 0.3) is 0 Å². The highest BCUT2D eigenvalue weighted by Gasteiger charge is 2.25. The van der Waals surface area contributed by atoms with E-state index >= 15 is 0 Å². The van der Waals surface area contributed by atoms with Crippen molar-refractivity contribution in [1.82, 2.24) is 4.90 Å². The van der Waals surface area contributed by atoms with Crippen molar-refractivity contribution in [3.63, 3.8) is 0 Å². The Morgan fingerprint density at radius 1 is 1.71 bits per heavy atom. The van der Waals surface area contributed by atoms with Crippen LogP contribution in [0.25, 0.3) is 0 Å². The SMILES string of the molecule is CC1CN(C(=O)C(N)c2cccs2)CCCO1. The molecule has 1 fully saturated rings. The van der Waals surface area contributed by atoms with Gasteiger partial charge >= 0.3 is 0 Å². The van der Waals surface area contributed by atoms with Crippen LogP contribution in [0.4, 0.5) is 0 Å². The summed E-state index contributed by atoms with van der Waals surface area (Å²) in [4.78, 5) is 15.0. The molecular weight excluding hydrogens is 236 g/mol. The maximum absolute atomic E-state index is 12.2. The predicted octanol–water partition coefficient (Wildman–Crippen LogP) is 1.39. The van der Waals surface area contributed by atoms with Crippen LogP contribution in [0.3, 0.4) is 0 Å². The Labute approximate surface area is 105 Å². The zero-order valence-electron chi connectivity index (χ0n) is 9.96. The van der Waals surface area contributed by atoms with Crippen LogP contribution in [0.15, 0.2) is 17.5 Å². The topological polar surface area (TPSA) is 55.6 Å². The Morgan fingerprint density at radius 3 is 3.24 bits per heavy atom. The van der Waals surface area contributed by atoms with Crippen molar-refractivity contribution in [3.05, 3.63) is 22.4 Å². The van der Waals surface area contributed by atoms with Gasteiger partial charge in [0.2, 0.25) is 5.91 Å². The molecule has 0 aliphatic carbocycles. The molecule has 5 heteroatoms. The van der Waals surface area contributed by atoms with Gasteiger partial charge in [0.15, 0.2) is 0 Å². The maximum atomic E-state index is 12.2. The predicted molar refractivity (Wildman–Crippen MR) is 67.9 cm³/mol. The third-order valence-corrected chi connectivity index (χ3v) is 3.84. The lowest BCUT2D eigenvalue weighted by atomic mass is 10.2. The standard InChI is InChI=1S/C12H18N2O2S/c1-9-8-14(5-3-6-16-9)12(15)11(13)10-4-2-7-17-10/h2,4,7,9,11H,3,5-6,8,13H2,1H3. The van der Waals surface area contributed by atoms with Gasteiger partial charge in [-0.05, 0) is 24.8 Å². The second-order valence-corrected chi connectivity index (χ2v) is 5.29. The Kier molecular flexibility index (Phi) is 4.15. The molecule has 1 saturated heterocycles. The summed E-state index contributed by atoms with van der Waals surface area (Å²) in [5, 5.41) is 1.94. The van der Waals surface area contributed by atoms with E-state index in [2.05, 4.69) is 0 Å². The van der Waals surface area contributed by atoms with Gasteiger partial charge < -0.3 is 15.4 Å². The van der Waals surface area contributed by atoms with Crippen molar-refractivity contribution in [2.45, 2.75) is 25.5 Å². The first kappa shape index (κ1) is 12.5. The van der Waals surface area contributed by atoms with Crippen LogP contribution in [-0.2, 0) is 9.53 Å². The fourth-order valence-electron chi connectivity index (χ4n) is 1.98. The van der Waals surface area contributed by atoms with Crippen molar-refractivity contribution in [3.8, 4) is 0 Å². The second kappa shape index (κ2) is 5.62. The highest BCUT2D eigenvalue weighted by Crippen LogP contribution is 2.20. The van der Waals surface area contributed by atoms with Gasteiger partial charge in [-0.2, -0.15) is 0 Å². The quantitative estimate of drug-likeness (QED) is 0.867. The summed E-state index contributed by atoms with van der Waals surface area (Å²) in [6, 6.07) is 3.30. The summed E-state index contributed by atoms with van der Waals surface area (Å²) >= 11 is 1.53. The maximum Gasteiger partial charge on any atom is 0.245 e. The molecule has 2 heterocycles. The van der Waals surface area contributed by atoms with Gasteiger partial charge in [-0.3, -0.25) is 4.79 Å². The van der Waals surface area contributed by atoms with Crippen molar-refractivity contribution in [2.24, 2.45) is 5.73 Å². The van der Waals surface area contributed by atoms with Crippen molar-refractivity contribution in [1.29, 1.82) is 0 Å². The number of amides is 1. The summed E-state index contributed by atoms with van der Waals surface area (Å²) in [5.74, 6) is 0.00444. The van der Waals surface area contributed by atoms with E-state index in [4.69, 9.17) is 10.5 Å². The Morgan fingerprint density at radius 2 is 2.53 bits per heavy atom. The number of nitrogens with zero attached hydrogens (tertiary/aromatic N) is 1. The lowest BCUT2D eigenvalue weighted by Gasteiger charge is -2.24. The Hall–Kier alpha value is -0.910. The molecule has 1 aromatic heterocycles. The van der Waals surface area contributed by atoms with Crippen LogP contribution in [0.1, 0.15) is 24.3 Å². The third kappa shape index (κ3) is 3.06. The van der Waals surface area contributed by atoms with Gasteiger partial charge in [0, 0.05) is 24.6 Å². The van der Waals surface area contributed by atoms with E-state index in [-0.39, 0.29) is 12.0 Å². The third-order valence-electron chi connectivity index (χ3n) is 2.88. The lowest BCUT2D eigenvalue weighted by molar-refractivity contribution is -0.133. The van der Waals surface area contributed by atoms with Gasteiger partial charge in [-0.15, -0.1) is 11.3 Å². The number of hydrogen-bond acceptors (Lipinski definition) is 4. The smallest absolute Gasteiger partial charge is 0.245 e. The lowest BCUT2D eigenvalue weighted by Crippen LogP contribution is -2.41. The molecule has 17 heavy (non-hydrogen) atoms. The molecule has 0 aromatic carbocycles. The van der Waals surface area contributed by atoms with E-state index in [0.717, 1.165) is 24.4 Å². The highest BCUT2D eigenvalue weighted by atomic mass is 32.1. The van der Waals surface area contributed by atoms with Gasteiger partial charge in [-0.25, -0.2) is 0 Å². The van der Waals surface area contributed by atoms with Crippen molar-refractivity contribution in [2.75, 3.05) is 19.7 Å². The normalized spacial score (nSPS) is 23.2. The fraction of sp³-hybridized carbons (Fsp3) is 0.583. The average Bonchev–Trinajstić information content (AvgIpc) is 2.77. The van der Waals surface area contributed by atoms with Crippen LogP contribution in [-0.4, -0.2) is 36.6 Å². The van der Waals surface area contributed by atoms with E-state index in [1.807, 2.05) is 29.3 Å². The number of ether oxygens (including phenoxy) is 1. The number of nitrogens with two attached hydrogens (primary N) is 1. The molecule has 4 nitrogen and oxygen atoms in total. The molecule has 94 valence electrons. The number of carbonyl (C=O) groups excluding carboxylic acids is 1. The Balaban J connectivity index is 2.03. The molecule has 1 amide bonds. The number of rotatable bonds is 2. The van der Waals surface area contributed by atoms with Gasteiger partial charge in [0.05, 0.1) is 6.10 Å². The van der Waals surface area contributed by atoms with Gasteiger partial charge in [-0.1, -0.05) is 6.07 Å². The zero-order chi connectivity index (χ0) is 12.3. The van der Waals surface area contributed by atoms with Crippen LogP contribution >= 0.6 is 11.3 Å². The zero-order valence-corrected chi connectivity index (χ0v) is 10.8. The minimum absolute atomic E-state index is 0.00444. The largest absolute Gasteiger partial charge is 0.377 e. The molecule has 1 aliphatic rings. The molecule has 2 rings (SSSR count).